The van der Waals surface area contributed by atoms with Crippen LogP contribution in [0.1, 0.15) is 46.1 Å². The zero-order valence-electron chi connectivity index (χ0n) is 22.1. The fourth-order valence-corrected chi connectivity index (χ4v) is 3.96. The molecule has 0 spiro atoms. The number of carboxylic acids is 1. The molecule has 5 unspecified atom stereocenters. The Hall–Kier alpha value is -3.93. The molecule has 5 atom stereocenters. The Labute approximate surface area is 221 Å². The molecule has 1 aromatic carbocycles. The maximum atomic E-state index is 13.3. The van der Waals surface area contributed by atoms with Crippen molar-refractivity contribution in [3.05, 3.63) is 36.0 Å². The van der Waals surface area contributed by atoms with Gasteiger partial charge in [-0.3, -0.25) is 19.2 Å². The van der Waals surface area contributed by atoms with Gasteiger partial charge in [0, 0.05) is 23.5 Å². The van der Waals surface area contributed by atoms with E-state index in [1.807, 2.05) is 31.2 Å². The normalized spacial score (nSPS) is 15.2. The first-order valence-electron chi connectivity index (χ1n) is 12.6. The van der Waals surface area contributed by atoms with Crippen molar-refractivity contribution >= 4 is 40.5 Å². The fourth-order valence-electron chi connectivity index (χ4n) is 3.96. The lowest BCUT2D eigenvalue weighted by Gasteiger charge is -2.26. The number of aliphatic carboxylic acids is 1. The fraction of sp³-hybridized carbons (Fsp3) is 0.500. The van der Waals surface area contributed by atoms with Crippen LogP contribution in [0.3, 0.4) is 0 Å². The molecule has 1 aromatic heterocycles. The minimum absolute atomic E-state index is 0.00956. The topological polar surface area (TPSA) is 209 Å². The number of amides is 4. The van der Waals surface area contributed by atoms with Crippen LogP contribution >= 0.6 is 0 Å². The van der Waals surface area contributed by atoms with E-state index in [9.17, 15) is 29.1 Å². The summed E-state index contributed by atoms with van der Waals surface area (Å²) in [5, 5.41) is 17.9. The third-order valence-corrected chi connectivity index (χ3v) is 6.56. The lowest BCUT2D eigenvalue weighted by molar-refractivity contribution is -0.143. The summed E-state index contributed by atoms with van der Waals surface area (Å²) in [7, 11) is 0. The number of nitrogens with two attached hydrogens (primary N) is 2. The number of carbonyl (C=O) groups is 5. The predicted molar refractivity (Wildman–Crippen MR) is 142 cm³/mol. The van der Waals surface area contributed by atoms with Gasteiger partial charge in [-0.05, 0) is 23.5 Å². The van der Waals surface area contributed by atoms with Crippen LogP contribution in [0, 0.1) is 11.8 Å². The van der Waals surface area contributed by atoms with Gasteiger partial charge in [0.1, 0.15) is 18.1 Å². The van der Waals surface area contributed by atoms with Crippen LogP contribution in [0.2, 0.25) is 0 Å². The molecule has 12 heteroatoms. The summed E-state index contributed by atoms with van der Waals surface area (Å²) in [6.07, 6.45) is 1.81. The van der Waals surface area contributed by atoms with Gasteiger partial charge in [0.2, 0.25) is 23.6 Å². The second-order valence-electron chi connectivity index (χ2n) is 9.84. The maximum Gasteiger partial charge on any atom is 0.326 e. The number of primary amides is 1. The van der Waals surface area contributed by atoms with E-state index in [0.717, 1.165) is 10.9 Å². The summed E-state index contributed by atoms with van der Waals surface area (Å²) in [5.74, 6) is -4.87. The number of fused-ring (bicyclic) bond motifs is 1. The van der Waals surface area contributed by atoms with E-state index in [2.05, 4.69) is 20.9 Å². The van der Waals surface area contributed by atoms with Crippen molar-refractivity contribution in [2.45, 2.75) is 71.1 Å². The zero-order chi connectivity index (χ0) is 28.6. The number of para-hydroxylation sites is 1. The van der Waals surface area contributed by atoms with Crippen molar-refractivity contribution in [3.8, 4) is 0 Å². The molecule has 208 valence electrons. The van der Waals surface area contributed by atoms with Crippen molar-refractivity contribution in [2.24, 2.45) is 23.3 Å². The lowest BCUT2D eigenvalue weighted by Crippen LogP contribution is -2.59. The van der Waals surface area contributed by atoms with Gasteiger partial charge in [-0.1, -0.05) is 52.3 Å². The van der Waals surface area contributed by atoms with Gasteiger partial charge in [0.25, 0.3) is 0 Å². The molecular weight excluding hydrogens is 492 g/mol. The summed E-state index contributed by atoms with van der Waals surface area (Å²) in [5.41, 5.74) is 12.8. The number of rotatable bonds is 14. The summed E-state index contributed by atoms with van der Waals surface area (Å²) in [6.45, 7) is 6.93. The van der Waals surface area contributed by atoms with Crippen LogP contribution in [-0.4, -0.2) is 63.9 Å². The third kappa shape index (κ3) is 8.04. The Morgan fingerprint density at radius 1 is 0.947 bits per heavy atom. The molecule has 0 bridgehead atoms. The summed E-state index contributed by atoms with van der Waals surface area (Å²) < 4.78 is 0. The van der Waals surface area contributed by atoms with Gasteiger partial charge in [0.15, 0.2) is 0 Å². The first-order chi connectivity index (χ1) is 17.8. The molecule has 0 aliphatic rings. The molecule has 0 radical (unpaired) electrons. The van der Waals surface area contributed by atoms with E-state index in [1.165, 1.54) is 0 Å². The zero-order valence-corrected chi connectivity index (χ0v) is 22.1. The number of hydrogen-bond acceptors (Lipinski definition) is 6. The quantitative estimate of drug-likeness (QED) is 0.180. The molecule has 2 rings (SSSR count). The van der Waals surface area contributed by atoms with E-state index in [-0.39, 0.29) is 12.3 Å². The highest BCUT2D eigenvalue weighted by molar-refractivity contribution is 5.96. The molecule has 0 aliphatic heterocycles. The smallest absolute Gasteiger partial charge is 0.326 e. The van der Waals surface area contributed by atoms with Crippen molar-refractivity contribution < 1.29 is 29.1 Å². The highest BCUT2D eigenvalue weighted by atomic mass is 16.4. The van der Waals surface area contributed by atoms with Gasteiger partial charge in [-0.25, -0.2) is 4.79 Å². The number of aromatic amines is 1. The second kappa shape index (κ2) is 13.6. The van der Waals surface area contributed by atoms with Crippen LogP contribution in [0.4, 0.5) is 0 Å². The van der Waals surface area contributed by atoms with Crippen molar-refractivity contribution in [2.75, 3.05) is 0 Å². The van der Waals surface area contributed by atoms with Crippen LogP contribution in [0.25, 0.3) is 10.9 Å². The molecule has 0 saturated carbocycles. The number of aromatic nitrogens is 1. The molecule has 38 heavy (non-hydrogen) atoms. The molecule has 4 amide bonds. The molecule has 12 nitrogen and oxygen atoms in total. The van der Waals surface area contributed by atoms with Gasteiger partial charge in [-0.2, -0.15) is 0 Å². The molecule has 0 fully saturated rings. The Morgan fingerprint density at radius 2 is 1.55 bits per heavy atom. The molecule has 1 heterocycles. The van der Waals surface area contributed by atoms with E-state index < -0.39 is 66.1 Å². The first kappa shape index (κ1) is 30.3. The Balaban J connectivity index is 2.34. The molecular formula is C26H38N6O6. The Bertz CT molecular complexity index is 1160. The van der Waals surface area contributed by atoms with Gasteiger partial charge >= 0.3 is 5.97 Å². The van der Waals surface area contributed by atoms with Crippen LogP contribution in [-0.2, 0) is 30.4 Å². The number of benzene rings is 1. The van der Waals surface area contributed by atoms with Crippen LogP contribution < -0.4 is 27.4 Å². The molecule has 9 N–H and O–H groups in total. The molecule has 2 aromatic rings. The lowest BCUT2D eigenvalue weighted by atomic mass is 9.98. The summed E-state index contributed by atoms with van der Waals surface area (Å²) in [6, 6.07) is 2.65. The second-order valence-corrected chi connectivity index (χ2v) is 9.84. The van der Waals surface area contributed by atoms with Crippen molar-refractivity contribution in [1.82, 2.24) is 20.9 Å². The standard InChI is InChI=1S/C26H38N6O6/c1-5-14(4)21(28)25(36)31-19(11-20(27)33)23(34)30-18(24(35)32-22(13(2)3)26(37)38)10-15-12-29-17-9-7-6-8-16(15)17/h6-9,12-14,18-19,21-22,29H,5,10-11,28H2,1-4H3,(H2,27,33)(H,30,34)(H,31,36)(H,32,35)(H,37,38). The van der Waals surface area contributed by atoms with Gasteiger partial charge in [-0.15, -0.1) is 0 Å². The first-order valence-corrected chi connectivity index (χ1v) is 12.6. The molecule has 0 aliphatic carbocycles. The van der Waals surface area contributed by atoms with E-state index in [0.29, 0.717) is 12.0 Å². The minimum atomic E-state index is -1.38. The van der Waals surface area contributed by atoms with Crippen molar-refractivity contribution in [3.63, 3.8) is 0 Å². The predicted octanol–water partition coefficient (Wildman–Crippen LogP) is 0.154. The van der Waals surface area contributed by atoms with E-state index in [4.69, 9.17) is 11.5 Å². The Kier molecular flexibility index (Phi) is 10.8. The van der Waals surface area contributed by atoms with Crippen LogP contribution in [0.5, 0.6) is 0 Å². The number of H-pyrrole nitrogens is 1. The summed E-state index contributed by atoms with van der Waals surface area (Å²) >= 11 is 0. The monoisotopic (exact) mass is 530 g/mol. The summed E-state index contributed by atoms with van der Waals surface area (Å²) in [4.78, 5) is 65.6. The van der Waals surface area contributed by atoms with Gasteiger partial charge < -0.3 is 37.5 Å². The largest absolute Gasteiger partial charge is 0.480 e. The van der Waals surface area contributed by atoms with Crippen LogP contribution in [0.15, 0.2) is 30.5 Å². The SMILES string of the molecule is CCC(C)C(N)C(=O)NC(CC(N)=O)C(=O)NC(Cc1c[nH]c2ccccc12)C(=O)NC(C(=O)O)C(C)C. The average molecular weight is 531 g/mol. The minimum Gasteiger partial charge on any atom is -0.480 e. The number of carboxylic acid groups (broad SMARTS) is 1. The maximum absolute atomic E-state index is 13.3. The average Bonchev–Trinajstić information content (AvgIpc) is 3.27. The third-order valence-electron chi connectivity index (χ3n) is 6.56. The van der Waals surface area contributed by atoms with E-state index in [1.54, 1.807) is 27.0 Å². The van der Waals surface area contributed by atoms with Gasteiger partial charge in [0.05, 0.1) is 12.5 Å². The highest BCUT2D eigenvalue weighted by Gasteiger charge is 2.33. The number of nitrogens with one attached hydrogen (secondary N) is 4. The Morgan fingerprint density at radius 3 is 2.13 bits per heavy atom. The number of hydrogen-bond donors (Lipinski definition) is 7. The van der Waals surface area contributed by atoms with Crippen molar-refractivity contribution in [1.29, 1.82) is 0 Å². The highest BCUT2D eigenvalue weighted by Crippen LogP contribution is 2.19. The van der Waals surface area contributed by atoms with E-state index >= 15 is 0 Å². The number of carbonyl (C=O) groups excluding carboxylic acids is 4. The molecule has 0 saturated heterocycles.